The molecule has 1 aliphatic carbocycles. The molecule has 0 bridgehead atoms. The van der Waals surface area contributed by atoms with Crippen LogP contribution in [0.25, 0.3) is 11.0 Å². The first-order chi connectivity index (χ1) is 13.8. The average molecular weight is 415 g/mol. The minimum atomic E-state index is -0.932. The van der Waals surface area contributed by atoms with Crippen LogP contribution < -0.4 is 5.46 Å². The molecule has 3 atom stereocenters. The minimum absolute atomic E-state index is 0.0178. The van der Waals surface area contributed by atoms with Crippen molar-refractivity contribution in [3.05, 3.63) is 24.0 Å². The van der Waals surface area contributed by atoms with Gasteiger partial charge >= 0.3 is 7.12 Å². The Morgan fingerprint density at radius 2 is 2.24 bits per heavy atom. The largest absolute Gasteiger partial charge is 0.598 e. The van der Waals surface area contributed by atoms with Gasteiger partial charge < -0.3 is 19.2 Å². The number of pyridine rings is 1. The molecule has 3 unspecified atom stereocenters. The first-order valence-corrected chi connectivity index (χ1v) is 12.0. The molecule has 29 heavy (non-hydrogen) atoms. The first kappa shape index (κ1) is 19.9. The van der Waals surface area contributed by atoms with Crippen LogP contribution in [-0.2, 0) is 21.6 Å². The van der Waals surface area contributed by atoms with Crippen molar-refractivity contribution in [1.29, 1.82) is 0 Å². The third-order valence-electron chi connectivity index (χ3n) is 7.74. The van der Waals surface area contributed by atoms with Gasteiger partial charge in [0.2, 0.25) is 0 Å². The lowest BCUT2D eigenvalue weighted by Gasteiger charge is -2.37. The van der Waals surface area contributed by atoms with E-state index in [2.05, 4.69) is 35.0 Å². The van der Waals surface area contributed by atoms with Crippen molar-refractivity contribution < 1.29 is 14.2 Å². The maximum atomic E-state index is 12.8. The number of nitrogens with zero attached hydrogens (tertiary/aromatic N) is 2. The molecule has 1 saturated heterocycles. The van der Waals surface area contributed by atoms with E-state index in [1.54, 1.807) is 6.20 Å². The van der Waals surface area contributed by atoms with Gasteiger partial charge in [0.05, 0.1) is 12.1 Å². The molecule has 2 spiro atoms. The summed E-state index contributed by atoms with van der Waals surface area (Å²) >= 11 is -0.903. The maximum Gasteiger partial charge on any atom is 0.493 e. The Morgan fingerprint density at radius 1 is 1.41 bits per heavy atom. The van der Waals surface area contributed by atoms with Gasteiger partial charge in [-0.15, -0.1) is 4.31 Å². The summed E-state index contributed by atoms with van der Waals surface area (Å²) in [4.78, 5) is 7.66. The lowest BCUT2D eigenvalue weighted by Crippen LogP contribution is -2.38. The summed E-state index contributed by atoms with van der Waals surface area (Å²) in [6.07, 6.45) is 8.46. The topological polar surface area (TPSA) is 84.4 Å². The van der Waals surface area contributed by atoms with Crippen molar-refractivity contribution in [1.82, 2.24) is 14.3 Å². The zero-order chi connectivity index (χ0) is 20.4. The summed E-state index contributed by atoms with van der Waals surface area (Å²) in [5.41, 5.74) is 2.28. The number of H-pyrrole nitrogens is 1. The predicted octanol–water partition coefficient (Wildman–Crippen LogP) is 2.45. The van der Waals surface area contributed by atoms with Crippen molar-refractivity contribution in [2.75, 3.05) is 18.8 Å². The molecule has 6 nitrogen and oxygen atoms in total. The molecule has 0 amide bonds. The highest BCUT2D eigenvalue weighted by Gasteiger charge is 2.66. The predicted molar refractivity (Wildman–Crippen MR) is 116 cm³/mol. The molecule has 156 valence electrons. The molecule has 2 fully saturated rings. The molecule has 3 aliphatic rings. The first-order valence-electron chi connectivity index (χ1n) is 10.8. The molecule has 2 aromatic heterocycles. The highest BCUT2D eigenvalue weighted by atomic mass is 32.2. The Labute approximate surface area is 175 Å². The van der Waals surface area contributed by atoms with Crippen LogP contribution in [0, 0.1) is 10.8 Å². The molecule has 4 heterocycles. The van der Waals surface area contributed by atoms with Gasteiger partial charge in [-0.2, -0.15) is 0 Å². The van der Waals surface area contributed by atoms with Crippen LogP contribution in [0.15, 0.2) is 18.5 Å². The second-order valence-corrected chi connectivity index (χ2v) is 11.4. The SMILES string of the molecule is CCCC[S+]([O-])N1CCC2(C1)CC1(CC2(C)C)OB(O)c2cnc3[nH]ccc3c21. The summed E-state index contributed by atoms with van der Waals surface area (Å²) < 4.78 is 21.3. The lowest BCUT2D eigenvalue weighted by atomic mass is 9.67. The van der Waals surface area contributed by atoms with Gasteiger partial charge in [-0.25, -0.2) is 4.98 Å². The number of aromatic nitrogens is 2. The van der Waals surface area contributed by atoms with E-state index in [0.29, 0.717) is 0 Å². The molecular weight excluding hydrogens is 385 g/mol. The summed E-state index contributed by atoms with van der Waals surface area (Å²) in [6.45, 7) is 8.51. The molecule has 2 N–H and O–H groups in total. The standard InChI is InChI=1S/C21H30BN3O3S/c1-4-5-10-29(27)25-9-7-20(14-25)13-21(12-19(20,2)3)17-15-6-8-23-18(15)24-11-16(17)22(26)28-21/h6,8,11,26H,4-5,7,9-10,12-14H2,1-3H3,(H,23,24). The number of hydrogen-bond donors (Lipinski definition) is 2. The number of fused-ring (bicyclic) bond motifs is 4. The molecular formula is C21H30BN3O3S. The Kier molecular flexibility index (Phi) is 4.61. The monoisotopic (exact) mass is 415 g/mol. The fourth-order valence-corrected chi connectivity index (χ4v) is 7.65. The van der Waals surface area contributed by atoms with E-state index in [0.717, 1.165) is 73.0 Å². The van der Waals surface area contributed by atoms with E-state index in [9.17, 15) is 9.58 Å². The number of nitrogens with one attached hydrogen (secondary N) is 1. The molecule has 0 radical (unpaired) electrons. The maximum absolute atomic E-state index is 12.8. The normalized spacial score (nSPS) is 32.1. The quantitative estimate of drug-likeness (QED) is 0.592. The van der Waals surface area contributed by atoms with E-state index < -0.39 is 24.1 Å². The van der Waals surface area contributed by atoms with Crippen LogP contribution in [0.5, 0.6) is 0 Å². The van der Waals surface area contributed by atoms with E-state index >= 15 is 0 Å². The number of aromatic amines is 1. The van der Waals surface area contributed by atoms with Crippen LogP contribution in [0.2, 0.25) is 0 Å². The smallest absolute Gasteiger partial charge is 0.493 e. The van der Waals surface area contributed by atoms with E-state index in [4.69, 9.17) is 4.65 Å². The second-order valence-electron chi connectivity index (χ2n) is 9.80. The third kappa shape index (κ3) is 2.83. The van der Waals surface area contributed by atoms with E-state index in [1.807, 2.05) is 12.3 Å². The van der Waals surface area contributed by atoms with Gasteiger partial charge in [-0.1, -0.05) is 27.2 Å². The van der Waals surface area contributed by atoms with Crippen molar-refractivity contribution in [3.8, 4) is 0 Å². The van der Waals surface area contributed by atoms with Crippen molar-refractivity contribution >= 4 is 35.0 Å². The van der Waals surface area contributed by atoms with Crippen LogP contribution in [-0.4, -0.2) is 49.8 Å². The Bertz CT molecular complexity index is 937. The van der Waals surface area contributed by atoms with E-state index in [1.165, 1.54) is 0 Å². The minimum Gasteiger partial charge on any atom is -0.598 e. The molecule has 1 saturated carbocycles. The summed E-state index contributed by atoms with van der Waals surface area (Å²) in [5, 5.41) is 11.8. The van der Waals surface area contributed by atoms with Crippen molar-refractivity contribution in [3.63, 3.8) is 0 Å². The number of rotatable bonds is 4. The van der Waals surface area contributed by atoms with Gasteiger partial charge in [-0.05, 0) is 48.1 Å². The second kappa shape index (κ2) is 6.72. The zero-order valence-corrected chi connectivity index (χ0v) is 18.3. The highest BCUT2D eigenvalue weighted by Crippen LogP contribution is 2.66. The zero-order valence-electron chi connectivity index (χ0n) is 17.5. The lowest BCUT2D eigenvalue weighted by molar-refractivity contribution is 0.0547. The highest BCUT2D eigenvalue weighted by molar-refractivity contribution is 7.89. The van der Waals surface area contributed by atoms with Crippen LogP contribution in [0.4, 0.5) is 0 Å². The third-order valence-corrected chi connectivity index (χ3v) is 9.27. The molecule has 5 rings (SSSR count). The van der Waals surface area contributed by atoms with Crippen LogP contribution >= 0.6 is 0 Å². The number of hydrogen-bond acceptors (Lipinski definition) is 5. The van der Waals surface area contributed by atoms with E-state index in [-0.39, 0.29) is 10.8 Å². The Hall–Kier alpha value is -1.06. The number of unbranched alkanes of at least 4 members (excludes halogenated alkanes) is 1. The Balaban J connectivity index is 1.51. The van der Waals surface area contributed by atoms with Crippen LogP contribution in [0.3, 0.4) is 0 Å². The molecule has 0 aromatic carbocycles. The van der Waals surface area contributed by atoms with Crippen molar-refractivity contribution in [2.24, 2.45) is 10.8 Å². The van der Waals surface area contributed by atoms with Gasteiger partial charge in [0, 0.05) is 41.1 Å². The van der Waals surface area contributed by atoms with Gasteiger partial charge in [-0.3, -0.25) is 0 Å². The van der Waals surface area contributed by atoms with Crippen molar-refractivity contribution in [2.45, 2.75) is 58.5 Å². The summed E-state index contributed by atoms with van der Waals surface area (Å²) in [6, 6.07) is 2.04. The summed E-state index contributed by atoms with van der Waals surface area (Å²) in [5.74, 6) is 0.756. The van der Waals surface area contributed by atoms with Gasteiger partial charge in [0.15, 0.2) is 0 Å². The van der Waals surface area contributed by atoms with Crippen LogP contribution in [0.1, 0.15) is 58.4 Å². The summed E-state index contributed by atoms with van der Waals surface area (Å²) in [7, 11) is -0.932. The molecule has 8 heteroatoms. The average Bonchev–Trinajstić information content (AvgIpc) is 3.40. The van der Waals surface area contributed by atoms with Gasteiger partial charge in [0.25, 0.3) is 0 Å². The van der Waals surface area contributed by atoms with Gasteiger partial charge in [0.1, 0.15) is 11.4 Å². The molecule has 2 aromatic rings. The fraction of sp³-hybridized carbons (Fsp3) is 0.667. The Morgan fingerprint density at radius 3 is 3.03 bits per heavy atom. The molecule has 2 aliphatic heterocycles. The fourth-order valence-electron chi connectivity index (χ4n) is 6.17.